The number of hydrogen-bond acceptors (Lipinski definition) is 7. The van der Waals surface area contributed by atoms with Crippen LogP contribution < -0.4 is 19.7 Å². The van der Waals surface area contributed by atoms with E-state index in [1.54, 1.807) is 21.0 Å². The normalized spacial score (nSPS) is 10.8. The van der Waals surface area contributed by atoms with Gasteiger partial charge >= 0.3 is 17.9 Å². The smallest absolute Gasteiger partial charge is 0.416 e. The number of para-hydroxylation sites is 1. The molecule has 3 aromatic carbocycles. The second kappa shape index (κ2) is 12.6. The first-order valence-electron chi connectivity index (χ1n) is 11.2. The molecule has 0 bridgehead atoms. The quantitative estimate of drug-likeness (QED) is 0.186. The number of fused-ring (bicyclic) bond motifs is 1. The third-order valence-electron chi connectivity index (χ3n) is 5.00. The first-order valence-corrected chi connectivity index (χ1v) is 12.4. The topological polar surface area (TPSA) is 107 Å². The number of urea groups is 1. The van der Waals surface area contributed by atoms with Crippen LogP contribution in [-0.2, 0) is 6.18 Å². The molecular weight excluding hydrogens is 561 g/mol. The maximum Gasteiger partial charge on any atom is 0.416 e. The van der Waals surface area contributed by atoms with Gasteiger partial charge in [-0.1, -0.05) is 35.1 Å². The van der Waals surface area contributed by atoms with Gasteiger partial charge in [0.2, 0.25) is 5.75 Å². The van der Waals surface area contributed by atoms with Gasteiger partial charge in [0.1, 0.15) is 11.5 Å². The number of rotatable bonds is 6. The number of nitro groups is 1. The maximum absolute atomic E-state index is 12.6. The minimum atomic E-state index is -4.52. The van der Waals surface area contributed by atoms with Gasteiger partial charge in [-0.3, -0.25) is 15.0 Å². The van der Waals surface area contributed by atoms with Gasteiger partial charge in [-0.05, 0) is 43.3 Å². The second-order valence-electron chi connectivity index (χ2n) is 7.64. The van der Waals surface area contributed by atoms with Crippen LogP contribution in [-0.4, -0.2) is 36.6 Å². The number of amides is 2. The highest BCUT2D eigenvalue weighted by Gasteiger charge is 2.31. The molecule has 0 aliphatic rings. The van der Waals surface area contributed by atoms with Gasteiger partial charge in [0.25, 0.3) is 0 Å². The van der Waals surface area contributed by atoms with Crippen LogP contribution in [0.15, 0.2) is 60.7 Å². The lowest BCUT2D eigenvalue weighted by molar-refractivity contribution is -0.385. The molecule has 0 atom stereocenters. The average Bonchev–Trinajstić information content (AvgIpc) is 3.33. The summed E-state index contributed by atoms with van der Waals surface area (Å²) in [6, 6.07) is 14.1. The van der Waals surface area contributed by atoms with Crippen molar-refractivity contribution in [3.63, 3.8) is 0 Å². The van der Waals surface area contributed by atoms with E-state index >= 15 is 0 Å². The van der Waals surface area contributed by atoms with Crippen LogP contribution in [0.2, 0.25) is 5.02 Å². The number of halogens is 4. The Morgan fingerprint density at radius 3 is 2.46 bits per heavy atom. The highest BCUT2D eigenvalue weighted by molar-refractivity contribution is 7.22. The monoisotopic (exact) mass is 582 g/mol. The van der Waals surface area contributed by atoms with Crippen molar-refractivity contribution in [2.24, 2.45) is 0 Å². The fraction of sp³-hybridized carbons (Fsp3) is 0.200. The molecule has 0 fully saturated rings. The summed E-state index contributed by atoms with van der Waals surface area (Å²) in [6.07, 6.45) is -4.52. The minimum absolute atomic E-state index is 0.0111. The number of anilines is 1. The number of hydrogen-bond donors (Lipinski definition) is 1. The molecule has 4 aromatic rings. The van der Waals surface area contributed by atoms with Crippen LogP contribution in [0.5, 0.6) is 17.2 Å². The summed E-state index contributed by atoms with van der Waals surface area (Å²) in [5.41, 5.74) is -0.227. The van der Waals surface area contributed by atoms with Crippen molar-refractivity contribution >= 4 is 50.0 Å². The number of nitrogens with zero attached hydrogens (tertiary/aromatic N) is 3. The van der Waals surface area contributed by atoms with E-state index < -0.39 is 16.7 Å². The van der Waals surface area contributed by atoms with E-state index in [9.17, 15) is 28.1 Å². The molecule has 1 heterocycles. The van der Waals surface area contributed by atoms with Crippen molar-refractivity contribution in [1.82, 2.24) is 10.3 Å². The average molecular weight is 583 g/mol. The van der Waals surface area contributed by atoms with Gasteiger partial charge in [0, 0.05) is 26.2 Å². The van der Waals surface area contributed by atoms with E-state index in [0.29, 0.717) is 5.13 Å². The van der Waals surface area contributed by atoms with Crippen LogP contribution in [0.1, 0.15) is 12.5 Å². The fourth-order valence-electron chi connectivity index (χ4n) is 3.12. The molecule has 0 saturated heterocycles. The molecule has 0 unspecified atom stereocenters. The molecule has 0 spiro atoms. The Kier molecular flexibility index (Phi) is 9.54. The predicted octanol–water partition coefficient (Wildman–Crippen LogP) is 7.53. The zero-order valence-corrected chi connectivity index (χ0v) is 22.4. The number of nitro benzene ring substituents is 1. The van der Waals surface area contributed by atoms with E-state index in [4.69, 9.17) is 21.1 Å². The summed E-state index contributed by atoms with van der Waals surface area (Å²) < 4.78 is 49.5. The number of carbonyl (C=O) groups is 1. The van der Waals surface area contributed by atoms with E-state index in [0.717, 1.165) is 28.4 Å². The maximum atomic E-state index is 12.6. The number of carbonyl (C=O) groups excluding carboxylic acids is 1. The highest BCUT2D eigenvalue weighted by atomic mass is 35.5. The molecule has 1 N–H and O–H groups in total. The summed E-state index contributed by atoms with van der Waals surface area (Å²) in [5, 5.41) is 13.9. The van der Waals surface area contributed by atoms with Gasteiger partial charge in [0.05, 0.1) is 32.3 Å². The van der Waals surface area contributed by atoms with Crippen molar-refractivity contribution in [2.75, 3.05) is 25.6 Å². The van der Waals surface area contributed by atoms with Crippen molar-refractivity contribution < 1.29 is 32.4 Å². The number of thiazole rings is 1. The standard InChI is InChI=1S/C15H11ClF3NO4.C10H11N3OS/c1-2-23-14-8-10(4-5-12(14)20(21)22)24-13-6-3-9(7-11(13)16)15(17,18)19;1-11-9(14)13(2)10-12-7-5-3-4-6-8(7)15-10/h3-8H,2H2,1H3;3-6H,1-2H3,(H,11,14). The Bertz CT molecular complexity index is 1450. The summed E-state index contributed by atoms with van der Waals surface area (Å²) in [5.74, 6) is 0.120. The van der Waals surface area contributed by atoms with Crippen LogP contribution in [0.3, 0.4) is 0 Å². The first kappa shape index (κ1) is 29.5. The van der Waals surface area contributed by atoms with E-state index in [-0.39, 0.29) is 40.6 Å². The minimum Gasteiger partial charge on any atom is -0.487 e. The van der Waals surface area contributed by atoms with Crippen LogP contribution >= 0.6 is 22.9 Å². The molecule has 0 radical (unpaired) electrons. The molecular formula is C25H22ClF3N4O5S. The zero-order valence-electron chi connectivity index (χ0n) is 20.8. The third-order valence-corrected chi connectivity index (χ3v) is 6.41. The third kappa shape index (κ3) is 7.48. The number of ether oxygens (including phenoxy) is 2. The number of alkyl halides is 3. The summed E-state index contributed by atoms with van der Waals surface area (Å²) in [4.78, 5) is 27.5. The highest BCUT2D eigenvalue weighted by Crippen LogP contribution is 2.38. The lowest BCUT2D eigenvalue weighted by Gasteiger charge is -2.12. The van der Waals surface area contributed by atoms with Crippen molar-refractivity contribution in [2.45, 2.75) is 13.1 Å². The van der Waals surface area contributed by atoms with Gasteiger partial charge in [-0.15, -0.1) is 0 Å². The summed E-state index contributed by atoms with van der Waals surface area (Å²) in [7, 11) is 3.31. The number of aromatic nitrogens is 1. The molecule has 0 aliphatic heterocycles. The Morgan fingerprint density at radius 1 is 1.15 bits per heavy atom. The lowest BCUT2D eigenvalue weighted by atomic mass is 10.2. The van der Waals surface area contributed by atoms with Crippen LogP contribution in [0, 0.1) is 10.1 Å². The predicted molar refractivity (Wildman–Crippen MR) is 143 cm³/mol. The van der Waals surface area contributed by atoms with E-state index in [2.05, 4.69) is 10.3 Å². The van der Waals surface area contributed by atoms with Gasteiger partial charge in [-0.2, -0.15) is 13.2 Å². The van der Waals surface area contributed by atoms with Gasteiger partial charge in [0.15, 0.2) is 5.13 Å². The van der Waals surface area contributed by atoms with Crippen LogP contribution in [0.25, 0.3) is 10.2 Å². The van der Waals surface area contributed by atoms with Gasteiger partial charge in [-0.25, -0.2) is 9.78 Å². The lowest BCUT2D eigenvalue weighted by Crippen LogP contribution is -2.34. The molecule has 4 rings (SSSR count). The SMILES string of the molecule is CCOc1cc(Oc2ccc(C(F)(F)F)cc2Cl)ccc1[N+](=O)[O-].CNC(=O)N(C)c1nc2ccccc2s1. The number of benzene rings is 3. The Labute approximate surface area is 229 Å². The Hall–Kier alpha value is -4.10. The van der Waals surface area contributed by atoms with Crippen molar-refractivity contribution in [3.05, 3.63) is 81.4 Å². The van der Waals surface area contributed by atoms with E-state index in [1.807, 2.05) is 24.3 Å². The largest absolute Gasteiger partial charge is 0.487 e. The molecule has 2 amide bonds. The summed E-state index contributed by atoms with van der Waals surface area (Å²) >= 11 is 7.31. The molecule has 0 saturated carbocycles. The van der Waals surface area contributed by atoms with Crippen molar-refractivity contribution in [3.8, 4) is 17.2 Å². The van der Waals surface area contributed by atoms with Crippen molar-refractivity contribution in [1.29, 1.82) is 0 Å². The zero-order chi connectivity index (χ0) is 28.7. The molecule has 14 heteroatoms. The molecule has 39 heavy (non-hydrogen) atoms. The Balaban J connectivity index is 0.000000239. The molecule has 9 nitrogen and oxygen atoms in total. The molecule has 206 valence electrons. The van der Waals surface area contributed by atoms with Gasteiger partial charge < -0.3 is 14.8 Å². The summed E-state index contributed by atoms with van der Waals surface area (Å²) in [6.45, 7) is 1.86. The second-order valence-corrected chi connectivity index (χ2v) is 9.06. The first-order chi connectivity index (χ1) is 18.4. The van der Waals surface area contributed by atoms with Crippen LogP contribution in [0.4, 0.5) is 28.8 Å². The Morgan fingerprint density at radius 2 is 1.87 bits per heavy atom. The number of nitrogens with one attached hydrogen (secondary N) is 1. The molecule has 1 aromatic heterocycles. The molecule has 0 aliphatic carbocycles. The van der Waals surface area contributed by atoms with E-state index in [1.165, 1.54) is 34.4 Å². The fourth-order valence-corrected chi connectivity index (χ4v) is 4.27.